The van der Waals surface area contributed by atoms with Crippen LogP contribution >= 0.6 is 0 Å². The summed E-state index contributed by atoms with van der Waals surface area (Å²) in [4.78, 5) is 11.9. The molecule has 0 aliphatic heterocycles. The molecular weight excluding hydrogens is 280 g/mol. The third-order valence-electron chi connectivity index (χ3n) is 3.22. The number of rotatable bonds is 4. The van der Waals surface area contributed by atoms with Crippen LogP contribution in [0.3, 0.4) is 0 Å². The van der Waals surface area contributed by atoms with E-state index < -0.39 is 0 Å². The summed E-state index contributed by atoms with van der Waals surface area (Å²) in [7, 11) is 0. The second-order valence-corrected chi connectivity index (χ2v) is 5.22. The molecule has 22 heavy (non-hydrogen) atoms. The third kappa shape index (κ3) is 3.85. The molecule has 0 bridgehead atoms. The fourth-order valence-electron chi connectivity index (χ4n) is 1.89. The lowest BCUT2D eigenvalue weighted by Gasteiger charge is -2.06. The summed E-state index contributed by atoms with van der Waals surface area (Å²) in [5.41, 5.74) is 4.46. The number of phenolic OH excluding ortho intramolecular Hbond substituents is 2. The van der Waals surface area contributed by atoms with Gasteiger partial charge >= 0.3 is 0 Å². The molecule has 2 aromatic rings. The van der Waals surface area contributed by atoms with E-state index in [9.17, 15) is 15.0 Å². The van der Waals surface area contributed by atoms with Crippen molar-refractivity contribution in [3.05, 3.63) is 59.2 Å². The summed E-state index contributed by atoms with van der Waals surface area (Å²) in [6, 6.07) is 11.4. The lowest BCUT2D eigenvalue weighted by Crippen LogP contribution is -2.17. The van der Waals surface area contributed by atoms with Crippen LogP contribution in [-0.4, -0.2) is 22.3 Å². The standard InChI is InChI=1S/C17H18N2O3/c1-11(2)12-3-5-13(6-4-12)17(22)19-18-10-14-7-8-15(20)9-16(14)21/h3-11,20-21H,1-2H3,(H,19,22)/b18-10+. The van der Waals surface area contributed by atoms with Crippen molar-refractivity contribution in [2.75, 3.05) is 0 Å². The molecule has 114 valence electrons. The predicted molar refractivity (Wildman–Crippen MR) is 85.4 cm³/mol. The number of amides is 1. The van der Waals surface area contributed by atoms with Gasteiger partial charge in [-0.15, -0.1) is 0 Å². The lowest BCUT2D eigenvalue weighted by atomic mass is 10.0. The number of benzene rings is 2. The zero-order valence-electron chi connectivity index (χ0n) is 12.4. The molecular formula is C17H18N2O3. The van der Waals surface area contributed by atoms with Crippen molar-refractivity contribution in [3.8, 4) is 11.5 Å². The molecule has 5 heteroatoms. The number of carbonyl (C=O) groups is 1. The Morgan fingerprint density at radius 3 is 2.41 bits per heavy atom. The highest BCUT2D eigenvalue weighted by Crippen LogP contribution is 2.20. The Hall–Kier alpha value is -2.82. The van der Waals surface area contributed by atoms with Gasteiger partial charge in [-0.25, -0.2) is 5.43 Å². The number of nitrogens with zero attached hydrogens (tertiary/aromatic N) is 1. The SMILES string of the molecule is CC(C)c1ccc(C(=O)N/N=C/c2ccc(O)cc2O)cc1. The molecule has 2 rings (SSSR count). The van der Waals surface area contributed by atoms with E-state index in [1.54, 1.807) is 12.1 Å². The minimum Gasteiger partial charge on any atom is -0.508 e. The summed E-state index contributed by atoms with van der Waals surface area (Å²) in [5, 5.41) is 22.6. The van der Waals surface area contributed by atoms with Crippen LogP contribution in [0.25, 0.3) is 0 Å². The van der Waals surface area contributed by atoms with Crippen molar-refractivity contribution in [3.63, 3.8) is 0 Å². The van der Waals surface area contributed by atoms with Crippen LogP contribution in [0.5, 0.6) is 11.5 Å². The van der Waals surface area contributed by atoms with Gasteiger partial charge < -0.3 is 10.2 Å². The minimum atomic E-state index is -0.329. The van der Waals surface area contributed by atoms with E-state index in [-0.39, 0.29) is 17.4 Å². The summed E-state index contributed by atoms with van der Waals surface area (Å²) in [6.45, 7) is 4.17. The van der Waals surface area contributed by atoms with Crippen molar-refractivity contribution in [1.82, 2.24) is 5.43 Å². The normalized spacial score (nSPS) is 11.0. The molecule has 0 atom stereocenters. The Balaban J connectivity index is 2.01. The number of phenols is 2. The van der Waals surface area contributed by atoms with Gasteiger partial charge in [0.25, 0.3) is 5.91 Å². The summed E-state index contributed by atoms with van der Waals surface area (Å²) in [5.74, 6) is -0.0689. The van der Waals surface area contributed by atoms with Crippen LogP contribution in [0.4, 0.5) is 0 Å². The van der Waals surface area contributed by atoms with Crippen LogP contribution in [0.2, 0.25) is 0 Å². The highest BCUT2D eigenvalue weighted by Gasteiger charge is 2.05. The first-order chi connectivity index (χ1) is 10.5. The Labute approximate surface area is 128 Å². The molecule has 0 aliphatic carbocycles. The van der Waals surface area contributed by atoms with E-state index >= 15 is 0 Å². The van der Waals surface area contributed by atoms with E-state index in [1.165, 1.54) is 24.4 Å². The first-order valence-corrected chi connectivity index (χ1v) is 6.92. The van der Waals surface area contributed by atoms with Gasteiger partial charge in [0.05, 0.1) is 6.21 Å². The molecule has 0 spiro atoms. The summed E-state index contributed by atoms with van der Waals surface area (Å²) in [6.07, 6.45) is 1.31. The second kappa shape index (κ2) is 6.76. The van der Waals surface area contributed by atoms with Gasteiger partial charge in [-0.3, -0.25) is 4.79 Å². The monoisotopic (exact) mass is 298 g/mol. The maximum Gasteiger partial charge on any atom is 0.271 e. The maximum atomic E-state index is 11.9. The molecule has 5 nitrogen and oxygen atoms in total. The Kier molecular flexibility index (Phi) is 4.78. The molecule has 0 saturated carbocycles. The number of hydrogen-bond acceptors (Lipinski definition) is 4. The predicted octanol–water partition coefficient (Wildman–Crippen LogP) is 2.99. The topological polar surface area (TPSA) is 81.9 Å². The fraction of sp³-hybridized carbons (Fsp3) is 0.176. The van der Waals surface area contributed by atoms with E-state index in [0.717, 1.165) is 5.56 Å². The van der Waals surface area contributed by atoms with E-state index in [0.29, 0.717) is 17.0 Å². The quantitative estimate of drug-likeness (QED) is 0.599. The Bertz CT molecular complexity index is 692. The average molecular weight is 298 g/mol. The molecule has 0 unspecified atom stereocenters. The fourth-order valence-corrected chi connectivity index (χ4v) is 1.89. The van der Waals surface area contributed by atoms with E-state index in [4.69, 9.17) is 0 Å². The van der Waals surface area contributed by atoms with Crippen LogP contribution < -0.4 is 5.43 Å². The Morgan fingerprint density at radius 1 is 1.14 bits per heavy atom. The van der Waals surface area contributed by atoms with Crippen molar-refractivity contribution in [1.29, 1.82) is 0 Å². The molecule has 0 heterocycles. The zero-order chi connectivity index (χ0) is 16.1. The van der Waals surface area contributed by atoms with E-state index in [1.807, 2.05) is 12.1 Å². The van der Waals surface area contributed by atoms with Crippen LogP contribution in [-0.2, 0) is 0 Å². The number of nitrogens with one attached hydrogen (secondary N) is 1. The molecule has 3 N–H and O–H groups in total. The molecule has 2 aromatic carbocycles. The van der Waals surface area contributed by atoms with Crippen LogP contribution in [0, 0.1) is 0 Å². The van der Waals surface area contributed by atoms with Crippen molar-refractivity contribution in [2.45, 2.75) is 19.8 Å². The minimum absolute atomic E-state index is 0.0380. The van der Waals surface area contributed by atoms with Gasteiger partial charge in [-0.2, -0.15) is 5.10 Å². The zero-order valence-corrected chi connectivity index (χ0v) is 12.4. The number of hydrazone groups is 1. The lowest BCUT2D eigenvalue weighted by molar-refractivity contribution is 0.0955. The number of aromatic hydroxyl groups is 2. The highest BCUT2D eigenvalue weighted by molar-refractivity contribution is 5.95. The molecule has 0 aliphatic rings. The van der Waals surface area contributed by atoms with Gasteiger partial charge in [0.1, 0.15) is 11.5 Å². The average Bonchev–Trinajstić information content (AvgIpc) is 2.49. The van der Waals surface area contributed by atoms with Gasteiger partial charge in [0.15, 0.2) is 0 Å². The maximum absolute atomic E-state index is 11.9. The first kappa shape index (κ1) is 15.6. The van der Waals surface area contributed by atoms with Gasteiger partial charge in [0, 0.05) is 17.2 Å². The van der Waals surface area contributed by atoms with E-state index in [2.05, 4.69) is 24.4 Å². The van der Waals surface area contributed by atoms with Gasteiger partial charge in [-0.1, -0.05) is 26.0 Å². The Morgan fingerprint density at radius 2 is 1.82 bits per heavy atom. The van der Waals surface area contributed by atoms with Crippen LogP contribution in [0.15, 0.2) is 47.6 Å². The summed E-state index contributed by atoms with van der Waals surface area (Å²) < 4.78 is 0. The molecule has 1 amide bonds. The summed E-state index contributed by atoms with van der Waals surface area (Å²) >= 11 is 0. The van der Waals surface area contributed by atoms with Crippen molar-refractivity contribution < 1.29 is 15.0 Å². The first-order valence-electron chi connectivity index (χ1n) is 6.92. The second-order valence-electron chi connectivity index (χ2n) is 5.22. The largest absolute Gasteiger partial charge is 0.508 e. The third-order valence-corrected chi connectivity index (χ3v) is 3.22. The van der Waals surface area contributed by atoms with Gasteiger partial charge in [-0.05, 0) is 35.7 Å². The van der Waals surface area contributed by atoms with Gasteiger partial charge in [0.2, 0.25) is 0 Å². The number of hydrogen-bond donors (Lipinski definition) is 3. The number of carbonyl (C=O) groups excluding carboxylic acids is 1. The van der Waals surface area contributed by atoms with Crippen molar-refractivity contribution >= 4 is 12.1 Å². The molecule has 0 saturated heterocycles. The molecule has 0 radical (unpaired) electrons. The smallest absolute Gasteiger partial charge is 0.271 e. The molecule has 0 fully saturated rings. The molecule has 0 aromatic heterocycles. The van der Waals surface area contributed by atoms with Crippen LogP contribution in [0.1, 0.15) is 41.3 Å². The van der Waals surface area contributed by atoms with Crippen molar-refractivity contribution in [2.24, 2.45) is 5.10 Å². The highest BCUT2D eigenvalue weighted by atomic mass is 16.3.